The van der Waals surface area contributed by atoms with Gasteiger partial charge in [-0.05, 0) is 33.2 Å². The molecule has 1 unspecified atom stereocenters. The Morgan fingerprint density at radius 2 is 2.27 bits per heavy atom. The third-order valence-electron chi connectivity index (χ3n) is 1.47. The fraction of sp³-hybridized carbons (Fsp3) is 0.778. The van der Waals surface area contributed by atoms with E-state index in [4.69, 9.17) is 5.11 Å². The molecule has 2 N–H and O–H groups in total. The van der Waals surface area contributed by atoms with Gasteiger partial charge in [0, 0.05) is 6.54 Å². The second-order valence-corrected chi connectivity index (χ2v) is 2.76. The van der Waals surface area contributed by atoms with Crippen molar-refractivity contribution in [2.75, 3.05) is 13.1 Å². The second kappa shape index (κ2) is 7.76. The number of nitrogens with one attached hydrogen (secondary N) is 1. The molecule has 0 aromatic heterocycles. The maximum atomic E-state index is 8.91. The van der Waals surface area contributed by atoms with Gasteiger partial charge in [-0.3, -0.25) is 0 Å². The highest BCUT2D eigenvalue weighted by molar-refractivity contribution is 4.78. The molecule has 0 saturated carbocycles. The molecule has 0 saturated heterocycles. The molecule has 0 aromatic carbocycles. The molecule has 2 heteroatoms. The van der Waals surface area contributed by atoms with Gasteiger partial charge in [0.15, 0.2) is 0 Å². The summed E-state index contributed by atoms with van der Waals surface area (Å²) in [6, 6.07) is 0. The minimum atomic E-state index is -0.154. The van der Waals surface area contributed by atoms with E-state index in [1.807, 2.05) is 19.9 Å². The fourth-order valence-corrected chi connectivity index (χ4v) is 0.826. The molecule has 0 radical (unpaired) electrons. The zero-order chi connectivity index (χ0) is 8.53. The average Bonchev–Trinajstić information content (AvgIpc) is 1.96. The molecule has 0 aliphatic heterocycles. The lowest BCUT2D eigenvalue weighted by molar-refractivity contribution is 0.181. The van der Waals surface area contributed by atoms with Crippen molar-refractivity contribution in [2.24, 2.45) is 0 Å². The quantitative estimate of drug-likeness (QED) is 0.450. The summed E-state index contributed by atoms with van der Waals surface area (Å²) in [5.74, 6) is 0. The van der Waals surface area contributed by atoms with Crippen LogP contribution < -0.4 is 5.32 Å². The number of rotatable bonds is 6. The van der Waals surface area contributed by atoms with Crippen LogP contribution >= 0.6 is 0 Å². The molecule has 1 atom stereocenters. The van der Waals surface area contributed by atoms with Crippen LogP contribution in [0, 0.1) is 0 Å². The highest BCUT2D eigenvalue weighted by Crippen LogP contribution is 1.92. The van der Waals surface area contributed by atoms with Crippen molar-refractivity contribution in [3.63, 3.8) is 0 Å². The highest BCUT2D eigenvalue weighted by atomic mass is 16.3. The first-order valence-electron chi connectivity index (χ1n) is 4.27. The first-order chi connectivity index (χ1) is 5.27. The molecule has 0 aliphatic rings. The zero-order valence-electron chi connectivity index (χ0n) is 7.51. The Bertz CT molecular complexity index is 99.7. The number of aliphatic hydroxyl groups excluding tert-OH is 1. The van der Waals surface area contributed by atoms with Gasteiger partial charge in [0.2, 0.25) is 0 Å². The van der Waals surface area contributed by atoms with Gasteiger partial charge in [-0.15, -0.1) is 0 Å². The van der Waals surface area contributed by atoms with E-state index in [1.54, 1.807) is 0 Å². The third kappa shape index (κ3) is 9.66. The van der Waals surface area contributed by atoms with Gasteiger partial charge in [0.1, 0.15) is 0 Å². The van der Waals surface area contributed by atoms with Crippen LogP contribution in [0.15, 0.2) is 12.2 Å². The Morgan fingerprint density at radius 1 is 1.55 bits per heavy atom. The van der Waals surface area contributed by atoms with E-state index >= 15 is 0 Å². The van der Waals surface area contributed by atoms with E-state index in [0.717, 1.165) is 25.9 Å². The lowest BCUT2D eigenvalue weighted by atomic mass is 10.2. The minimum absolute atomic E-state index is 0.154. The summed E-state index contributed by atoms with van der Waals surface area (Å²) in [6.45, 7) is 5.77. The van der Waals surface area contributed by atoms with Crippen molar-refractivity contribution < 1.29 is 5.11 Å². The van der Waals surface area contributed by atoms with Crippen molar-refractivity contribution in [1.82, 2.24) is 5.32 Å². The van der Waals surface area contributed by atoms with E-state index in [9.17, 15) is 0 Å². The summed E-state index contributed by atoms with van der Waals surface area (Å²) in [5, 5.41) is 12.2. The molecule has 0 rings (SSSR count). The molecule has 66 valence electrons. The fourth-order valence-electron chi connectivity index (χ4n) is 0.826. The second-order valence-electron chi connectivity index (χ2n) is 2.76. The molecule has 0 aliphatic carbocycles. The van der Waals surface area contributed by atoms with E-state index < -0.39 is 0 Å². The summed E-state index contributed by atoms with van der Waals surface area (Å²) >= 11 is 0. The molecule has 11 heavy (non-hydrogen) atoms. The summed E-state index contributed by atoms with van der Waals surface area (Å²) in [6.07, 6.45) is 5.90. The van der Waals surface area contributed by atoms with Crippen LogP contribution in [-0.4, -0.2) is 24.3 Å². The predicted molar refractivity (Wildman–Crippen MR) is 48.6 cm³/mol. The van der Waals surface area contributed by atoms with Gasteiger partial charge >= 0.3 is 0 Å². The minimum Gasteiger partial charge on any atom is -0.393 e. The van der Waals surface area contributed by atoms with Gasteiger partial charge in [-0.2, -0.15) is 0 Å². The van der Waals surface area contributed by atoms with Gasteiger partial charge in [0.25, 0.3) is 0 Å². The van der Waals surface area contributed by atoms with Crippen LogP contribution in [-0.2, 0) is 0 Å². The van der Waals surface area contributed by atoms with Gasteiger partial charge in [0.05, 0.1) is 6.10 Å². The molecular formula is C9H19NO. The van der Waals surface area contributed by atoms with Crippen LogP contribution in [0.5, 0.6) is 0 Å². The van der Waals surface area contributed by atoms with Crippen molar-refractivity contribution in [3.8, 4) is 0 Å². The van der Waals surface area contributed by atoms with E-state index in [2.05, 4.69) is 11.4 Å². The number of allylic oxidation sites excluding steroid dienone is 1. The van der Waals surface area contributed by atoms with E-state index in [1.165, 1.54) is 0 Å². The molecule has 0 aromatic rings. The summed E-state index contributed by atoms with van der Waals surface area (Å²) in [7, 11) is 0. The molecule has 0 heterocycles. The standard InChI is InChI=1S/C9H19NO/c1-3-4-7-10-8-5-6-9(2)11/h3-4,9-11H,5-8H2,1-2H3/b4-3+. The molecule has 0 bridgehead atoms. The first kappa shape index (κ1) is 10.7. The molecule has 2 nitrogen and oxygen atoms in total. The Balaban J connectivity index is 2.91. The number of aliphatic hydroxyl groups is 1. The average molecular weight is 157 g/mol. The number of hydrogen-bond donors (Lipinski definition) is 2. The van der Waals surface area contributed by atoms with Crippen LogP contribution in [0.3, 0.4) is 0 Å². The zero-order valence-corrected chi connectivity index (χ0v) is 7.51. The lowest BCUT2D eigenvalue weighted by Gasteiger charge is -2.03. The molecule has 0 amide bonds. The van der Waals surface area contributed by atoms with E-state index in [0.29, 0.717) is 0 Å². The largest absolute Gasteiger partial charge is 0.393 e. The van der Waals surface area contributed by atoms with Crippen LogP contribution in [0.4, 0.5) is 0 Å². The lowest BCUT2D eigenvalue weighted by Crippen LogP contribution is -2.16. The van der Waals surface area contributed by atoms with Crippen molar-refractivity contribution in [2.45, 2.75) is 32.8 Å². The van der Waals surface area contributed by atoms with Gasteiger partial charge in [-0.1, -0.05) is 12.2 Å². The molecule has 0 fully saturated rings. The van der Waals surface area contributed by atoms with Crippen molar-refractivity contribution in [1.29, 1.82) is 0 Å². The van der Waals surface area contributed by atoms with Crippen molar-refractivity contribution in [3.05, 3.63) is 12.2 Å². The maximum Gasteiger partial charge on any atom is 0.0512 e. The van der Waals surface area contributed by atoms with E-state index in [-0.39, 0.29) is 6.10 Å². The Kier molecular flexibility index (Phi) is 7.52. The van der Waals surface area contributed by atoms with Crippen LogP contribution in [0.2, 0.25) is 0 Å². The highest BCUT2D eigenvalue weighted by Gasteiger charge is 1.93. The number of hydrogen-bond acceptors (Lipinski definition) is 2. The predicted octanol–water partition coefficient (Wildman–Crippen LogP) is 1.31. The normalized spacial score (nSPS) is 14.1. The Morgan fingerprint density at radius 3 is 2.82 bits per heavy atom. The third-order valence-corrected chi connectivity index (χ3v) is 1.47. The monoisotopic (exact) mass is 157 g/mol. The Hall–Kier alpha value is -0.340. The summed E-state index contributed by atoms with van der Waals surface area (Å²) < 4.78 is 0. The SMILES string of the molecule is C/C=C/CNCCCC(C)O. The summed E-state index contributed by atoms with van der Waals surface area (Å²) in [4.78, 5) is 0. The van der Waals surface area contributed by atoms with Gasteiger partial charge in [-0.25, -0.2) is 0 Å². The van der Waals surface area contributed by atoms with Crippen LogP contribution in [0.25, 0.3) is 0 Å². The van der Waals surface area contributed by atoms with Crippen LogP contribution in [0.1, 0.15) is 26.7 Å². The smallest absolute Gasteiger partial charge is 0.0512 e. The Labute approximate surface area is 69.3 Å². The summed E-state index contributed by atoms with van der Waals surface area (Å²) in [5.41, 5.74) is 0. The molecular weight excluding hydrogens is 138 g/mol. The topological polar surface area (TPSA) is 32.3 Å². The first-order valence-corrected chi connectivity index (χ1v) is 4.27. The van der Waals surface area contributed by atoms with Gasteiger partial charge < -0.3 is 10.4 Å². The maximum absolute atomic E-state index is 8.91. The van der Waals surface area contributed by atoms with Crippen molar-refractivity contribution >= 4 is 0 Å². The molecule has 0 spiro atoms.